The fourth-order valence-corrected chi connectivity index (χ4v) is 6.19. The number of hydrogen-bond acceptors (Lipinski definition) is 6. The van der Waals surface area contributed by atoms with E-state index in [1.54, 1.807) is 19.1 Å². The number of ketones is 1. The van der Waals surface area contributed by atoms with Crippen molar-refractivity contribution in [3.63, 3.8) is 0 Å². The second kappa shape index (κ2) is 6.30. The van der Waals surface area contributed by atoms with Gasteiger partial charge in [-0.3, -0.25) is 14.9 Å². The summed E-state index contributed by atoms with van der Waals surface area (Å²) < 4.78 is 25.8. The van der Waals surface area contributed by atoms with Crippen LogP contribution < -0.4 is 5.32 Å². The van der Waals surface area contributed by atoms with Crippen molar-refractivity contribution in [2.75, 3.05) is 5.75 Å². The van der Waals surface area contributed by atoms with E-state index >= 15 is 0 Å². The van der Waals surface area contributed by atoms with Gasteiger partial charge in [-0.05, 0) is 38.2 Å². The molecule has 1 N–H and O–H groups in total. The molecule has 1 aromatic carbocycles. The highest BCUT2D eigenvalue weighted by molar-refractivity contribution is 7.95. The number of nitro benzene ring substituents is 1. The minimum atomic E-state index is -3.54. The third kappa shape index (κ3) is 2.88. The standard InChI is InChI=1S/C19H20N2O5S/c1-11-7-8-12(10-15(11)21(23)24)17-18-13(4-2-6-16(18)22)20-14-5-3-9-27(25,26)19(14)17/h7-8,10,17,20H,2-6,9H2,1H3. The first-order valence-corrected chi connectivity index (χ1v) is 10.7. The molecule has 3 aliphatic rings. The van der Waals surface area contributed by atoms with Gasteiger partial charge in [-0.2, -0.15) is 0 Å². The van der Waals surface area contributed by atoms with Crippen molar-refractivity contribution in [2.24, 2.45) is 0 Å². The average molecular weight is 388 g/mol. The van der Waals surface area contributed by atoms with E-state index in [0.717, 1.165) is 12.1 Å². The van der Waals surface area contributed by atoms with Crippen LogP contribution in [-0.2, 0) is 14.6 Å². The summed E-state index contributed by atoms with van der Waals surface area (Å²) in [5, 5.41) is 14.6. The number of sulfone groups is 1. The van der Waals surface area contributed by atoms with E-state index in [-0.39, 0.29) is 22.1 Å². The van der Waals surface area contributed by atoms with Crippen LogP contribution in [0.2, 0.25) is 0 Å². The van der Waals surface area contributed by atoms with Crippen molar-refractivity contribution in [1.82, 2.24) is 5.32 Å². The molecule has 0 saturated heterocycles. The largest absolute Gasteiger partial charge is 0.361 e. The van der Waals surface area contributed by atoms with Gasteiger partial charge in [0.15, 0.2) is 15.6 Å². The lowest BCUT2D eigenvalue weighted by atomic mass is 9.78. The predicted octanol–water partition coefficient (Wildman–Crippen LogP) is 3.02. The van der Waals surface area contributed by atoms with Crippen molar-refractivity contribution in [3.05, 3.63) is 61.3 Å². The third-order valence-corrected chi connectivity index (χ3v) is 7.52. The summed E-state index contributed by atoms with van der Waals surface area (Å²) in [5.41, 5.74) is 2.81. The molecule has 0 aromatic heterocycles. The first kappa shape index (κ1) is 17.9. The molecule has 1 aliphatic carbocycles. The first-order chi connectivity index (χ1) is 12.8. The number of nitro groups is 1. The predicted molar refractivity (Wildman–Crippen MR) is 99.6 cm³/mol. The Kier molecular flexibility index (Phi) is 4.18. The molecule has 2 aliphatic heterocycles. The van der Waals surface area contributed by atoms with Crippen LogP contribution in [0.15, 0.2) is 40.1 Å². The molecule has 0 fully saturated rings. The summed E-state index contributed by atoms with van der Waals surface area (Å²) in [6, 6.07) is 4.75. The minimum absolute atomic E-state index is 0.0365. The molecule has 27 heavy (non-hydrogen) atoms. The lowest BCUT2D eigenvalue weighted by Gasteiger charge is -2.37. The number of Topliss-reactive ketones (excluding diaryl/α,β-unsaturated/α-hetero) is 1. The van der Waals surface area contributed by atoms with Crippen molar-refractivity contribution in [1.29, 1.82) is 0 Å². The van der Waals surface area contributed by atoms with E-state index in [1.165, 1.54) is 6.07 Å². The molecule has 4 rings (SSSR count). The summed E-state index contributed by atoms with van der Waals surface area (Å²) in [4.78, 5) is 23.9. The van der Waals surface area contributed by atoms with E-state index < -0.39 is 20.7 Å². The minimum Gasteiger partial charge on any atom is -0.361 e. The van der Waals surface area contributed by atoms with Gasteiger partial charge in [0.1, 0.15) is 0 Å². The van der Waals surface area contributed by atoms with Gasteiger partial charge in [-0.15, -0.1) is 0 Å². The highest BCUT2D eigenvalue weighted by Crippen LogP contribution is 2.47. The quantitative estimate of drug-likeness (QED) is 0.616. The molecule has 0 spiro atoms. The SMILES string of the molecule is Cc1ccc(C2C3=C(CCCC3=O)NC3=C2S(=O)(=O)CCC3)cc1[N+](=O)[O-]. The number of nitrogens with zero attached hydrogens (tertiary/aromatic N) is 1. The van der Waals surface area contributed by atoms with E-state index in [4.69, 9.17) is 0 Å². The van der Waals surface area contributed by atoms with Crippen LogP contribution in [0.25, 0.3) is 0 Å². The second-order valence-corrected chi connectivity index (χ2v) is 9.37. The fraction of sp³-hybridized carbons (Fsp3) is 0.421. The van der Waals surface area contributed by atoms with Crippen molar-refractivity contribution < 1.29 is 18.1 Å². The van der Waals surface area contributed by atoms with Gasteiger partial charge in [0.05, 0.1) is 21.5 Å². The number of dihydropyridines is 1. The van der Waals surface area contributed by atoms with Crippen LogP contribution in [0, 0.1) is 17.0 Å². The topological polar surface area (TPSA) is 106 Å². The van der Waals surface area contributed by atoms with Gasteiger partial charge in [0.25, 0.3) is 5.69 Å². The smallest absolute Gasteiger partial charge is 0.272 e. The Labute approximate surface area is 157 Å². The maximum atomic E-state index is 12.9. The van der Waals surface area contributed by atoms with Gasteiger partial charge in [0, 0.05) is 35.0 Å². The van der Waals surface area contributed by atoms with Crippen LogP contribution in [0.5, 0.6) is 0 Å². The zero-order valence-electron chi connectivity index (χ0n) is 14.9. The average Bonchev–Trinajstić information content (AvgIpc) is 2.60. The Morgan fingerprint density at radius 1 is 1.15 bits per heavy atom. The van der Waals surface area contributed by atoms with E-state index in [0.29, 0.717) is 48.1 Å². The Bertz CT molecular complexity index is 1040. The number of benzene rings is 1. The van der Waals surface area contributed by atoms with Crippen LogP contribution in [-0.4, -0.2) is 24.9 Å². The Morgan fingerprint density at radius 2 is 1.89 bits per heavy atom. The fourth-order valence-electron chi connectivity index (χ4n) is 4.30. The lowest BCUT2D eigenvalue weighted by Crippen LogP contribution is -2.37. The highest BCUT2D eigenvalue weighted by Gasteiger charge is 2.43. The number of rotatable bonds is 2. The number of allylic oxidation sites excluding steroid dienone is 4. The van der Waals surface area contributed by atoms with Crippen LogP contribution in [0.3, 0.4) is 0 Å². The Hall–Kier alpha value is -2.48. The van der Waals surface area contributed by atoms with Crippen molar-refractivity contribution in [2.45, 2.75) is 44.9 Å². The normalized spacial score (nSPS) is 24.2. The monoisotopic (exact) mass is 388 g/mol. The zero-order chi connectivity index (χ0) is 19.3. The van der Waals surface area contributed by atoms with Gasteiger partial charge in [-0.1, -0.05) is 12.1 Å². The van der Waals surface area contributed by atoms with Crippen LogP contribution >= 0.6 is 0 Å². The van der Waals surface area contributed by atoms with Gasteiger partial charge in [-0.25, -0.2) is 8.42 Å². The van der Waals surface area contributed by atoms with E-state index in [9.17, 15) is 23.3 Å². The van der Waals surface area contributed by atoms with E-state index in [1.807, 2.05) is 0 Å². The number of carbonyl (C=O) groups is 1. The number of nitrogens with one attached hydrogen (secondary N) is 1. The van der Waals surface area contributed by atoms with Crippen molar-refractivity contribution in [3.8, 4) is 0 Å². The molecule has 0 amide bonds. The molecule has 8 heteroatoms. The van der Waals surface area contributed by atoms with Crippen molar-refractivity contribution >= 4 is 21.3 Å². The van der Waals surface area contributed by atoms with Gasteiger partial charge >= 0.3 is 0 Å². The maximum Gasteiger partial charge on any atom is 0.272 e. The first-order valence-electron chi connectivity index (χ1n) is 9.03. The summed E-state index contributed by atoms with van der Waals surface area (Å²) in [5.74, 6) is -0.799. The van der Waals surface area contributed by atoms with Crippen LogP contribution in [0.1, 0.15) is 49.1 Å². The molecule has 0 radical (unpaired) electrons. The number of hydrogen-bond donors (Lipinski definition) is 1. The molecule has 0 bridgehead atoms. The molecular formula is C19H20N2O5S. The molecule has 0 saturated carbocycles. The Balaban J connectivity index is 1.98. The molecule has 7 nitrogen and oxygen atoms in total. The third-order valence-electron chi connectivity index (χ3n) is 5.54. The maximum absolute atomic E-state index is 12.9. The molecule has 1 unspecified atom stereocenters. The Morgan fingerprint density at radius 3 is 2.63 bits per heavy atom. The summed E-state index contributed by atoms with van der Waals surface area (Å²) >= 11 is 0. The van der Waals surface area contributed by atoms with Crippen LogP contribution in [0.4, 0.5) is 5.69 Å². The lowest BCUT2D eigenvalue weighted by molar-refractivity contribution is -0.385. The molecule has 2 heterocycles. The molecular weight excluding hydrogens is 368 g/mol. The molecule has 142 valence electrons. The summed E-state index contributed by atoms with van der Waals surface area (Å²) in [6.07, 6.45) is 2.91. The number of carbonyl (C=O) groups excluding carboxylic acids is 1. The van der Waals surface area contributed by atoms with E-state index in [2.05, 4.69) is 5.32 Å². The summed E-state index contributed by atoms with van der Waals surface area (Å²) in [7, 11) is -3.54. The molecule has 1 aromatic rings. The second-order valence-electron chi connectivity index (χ2n) is 7.30. The highest BCUT2D eigenvalue weighted by atomic mass is 32.2. The van der Waals surface area contributed by atoms with Gasteiger partial charge in [0.2, 0.25) is 0 Å². The van der Waals surface area contributed by atoms with Gasteiger partial charge < -0.3 is 5.32 Å². The number of aryl methyl sites for hydroxylation is 1. The molecule has 1 atom stereocenters. The zero-order valence-corrected chi connectivity index (χ0v) is 15.8. The summed E-state index contributed by atoms with van der Waals surface area (Å²) in [6.45, 7) is 1.64.